The molecule has 0 radical (unpaired) electrons. The van der Waals surface area contributed by atoms with Gasteiger partial charge in [0.2, 0.25) is 0 Å². The number of unbranched alkanes of at least 4 members (excludes halogenated alkanes) is 6. The summed E-state index contributed by atoms with van der Waals surface area (Å²) >= 11 is 6.52. The third-order valence-electron chi connectivity index (χ3n) is 5.02. The lowest BCUT2D eigenvalue weighted by Crippen LogP contribution is -2.23. The maximum Gasteiger partial charge on any atom is 0.120 e. The van der Waals surface area contributed by atoms with Gasteiger partial charge >= 0.3 is 0 Å². The summed E-state index contributed by atoms with van der Waals surface area (Å²) in [6, 6.07) is 5.93. The molecule has 0 bridgehead atoms. The summed E-state index contributed by atoms with van der Waals surface area (Å²) in [6.45, 7) is 4.84. The Hall–Kier alpha value is -1.52. The minimum absolute atomic E-state index is 0.696. The summed E-state index contributed by atoms with van der Waals surface area (Å²) in [5.41, 5.74) is 4.37. The van der Waals surface area contributed by atoms with Crippen LogP contribution in [0.15, 0.2) is 18.2 Å². The van der Waals surface area contributed by atoms with Gasteiger partial charge < -0.3 is 10.1 Å². The van der Waals surface area contributed by atoms with Crippen molar-refractivity contribution in [1.29, 1.82) is 0 Å². The van der Waals surface area contributed by atoms with E-state index in [1.807, 2.05) is 18.2 Å². The summed E-state index contributed by atoms with van der Waals surface area (Å²) < 4.78 is 5.87. The average molecular weight is 376 g/mol. The molecule has 0 saturated carbocycles. The second kappa shape index (κ2) is 9.98. The molecule has 26 heavy (non-hydrogen) atoms. The summed E-state index contributed by atoms with van der Waals surface area (Å²) in [5.74, 6) is 0.840. The first-order chi connectivity index (χ1) is 12.8. The van der Waals surface area contributed by atoms with Crippen molar-refractivity contribution in [3.63, 3.8) is 0 Å². The fourth-order valence-electron chi connectivity index (χ4n) is 3.47. The van der Waals surface area contributed by atoms with E-state index in [0.717, 1.165) is 49.5 Å². The fraction of sp³-hybridized carbons (Fsp3) is 0.571. The number of hydrogen-bond donors (Lipinski definition) is 2. The van der Waals surface area contributed by atoms with Gasteiger partial charge in [-0.25, -0.2) is 0 Å². The normalized spacial score (nSPS) is 13.6. The topological polar surface area (TPSA) is 49.9 Å². The molecule has 5 heteroatoms. The van der Waals surface area contributed by atoms with Crippen molar-refractivity contribution in [2.24, 2.45) is 0 Å². The number of H-pyrrole nitrogens is 1. The Kier molecular flexibility index (Phi) is 7.39. The third kappa shape index (κ3) is 5.01. The lowest BCUT2D eigenvalue weighted by Gasteiger charge is -2.14. The van der Waals surface area contributed by atoms with E-state index in [2.05, 4.69) is 22.4 Å². The summed E-state index contributed by atoms with van der Waals surface area (Å²) in [4.78, 5) is 0. The van der Waals surface area contributed by atoms with Crippen LogP contribution in [0.25, 0.3) is 11.3 Å². The van der Waals surface area contributed by atoms with Gasteiger partial charge in [0, 0.05) is 36.3 Å². The number of halogens is 1. The van der Waals surface area contributed by atoms with Crippen molar-refractivity contribution in [3.05, 3.63) is 34.5 Å². The maximum atomic E-state index is 6.52. The van der Waals surface area contributed by atoms with Crippen LogP contribution in [0, 0.1) is 0 Å². The smallest absolute Gasteiger partial charge is 0.120 e. The van der Waals surface area contributed by atoms with E-state index in [1.54, 1.807) is 0 Å². The molecule has 0 saturated heterocycles. The van der Waals surface area contributed by atoms with Crippen LogP contribution >= 0.6 is 11.6 Å². The molecular formula is C21H30ClN3O. The zero-order valence-electron chi connectivity index (χ0n) is 15.7. The number of hydrogen-bond acceptors (Lipinski definition) is 3. The van der Waals surface area contributed by atoms with E-state index in [1.165, 1.54) is 49.8 Å². The van der Waals surface area contributed by atoms with Gasteiger partial charge in [-0.2, -0.15) is 5.10 Å². The highest BCUT2D eigenvalue weighted by atomic mass is 35.5. The van der Waals surface area contributed by atoms with Crippen LogP contribution in [0.1, 0.15) is 63.1 Å². The van der Waals surface area contributed by atoms with E-state index in [-0.39, 0.29) is 0 Å². The van der Waals surface area contributed by atoms with Gasteiger partial charge in [0.05, 0.1) is 17.3 Å². The van der Waals surface area contributed by atoms with E-state index >= 15 is 0 Å². The molecule has 0 aliphatic carbocycles. The second-order valence-corrected chi connectivity index (χ2v) is 7.47. The minimum Gasteiger partial charge on any atom is -0.494 e. The van der Waals surface area contributed by atoms with Crippen LogP contribution in [0.5, 0.6) is 5.75 Å². The lowest BCUT2D eigenvalue weighted by atomic mass is 10.0. The number of rotatable bonds is 10. The molecule has 0 amide bonds. The van der Waals surface area contributed by atoms with Gasteiger partial charge in [-0.15, -0.1) is 0 Å². The standard InChI is InChI=1S/C21H30ClN3O/c1-2-3-4-5-6-7-8-13-26-16-9-10-17(19(22)14-16)21-18-15-23-12-11-20(18)24-25-21/h9-10,14,23H,2-8,11-13,15H2,1H3,(H,24,25). The van der Waals surface area contributed by atoms with Crippen LogP contribution in [0.4, 0.5) is 0 Å². The maximum absolute atomic E-state index is 6.52. The molecule has 0 unspecified atom stereocenters. The monoisotopic (exact) mass is 375 g/mol. The van der Waals surface area contributed by atoms with E-state index in [4.69, 9.17) is 16.3 Å². The molecule has 0 atom stereocenters. The summed E-state index contributed by atoms with van der Waals surface area (Å²) in [5, 5.41) is 11.7. The molecule has 1 aromatic carbocycles. The Labute approximate surface area is 161 Å². The molecular weight excluding hydrogens is 346 g/mol. The quantitative estimate of drug-likeness (QED) is 0.538. The number of aromatic nitrogens is 2. The van der Waals surface area contributed by atoms with Crippen LogP contribution < -0.4 is 10.1 Å². The molecule has 142 valence electrons. The molecule has 4 nitrogen and oxygen atoms in total. The van der Waals surface area contributed by atoms with Crippen molar-refractivity contribution >= 4 is 11.6 Å². The Morgan fingerprint density at radius 1 is 1.12 bits per heavy atom. The lowest BCUT2D eigenvalue weighted by molar-refractivity contribution is 0.304. The number of fused-ring (bicyclic) bond motifs is 1. The van der Waals surface area contributed by atoms with Crippen molar-refractivity contribution in [1.82, 2.24) is 15.5 Å². The van der Waals surface area contributed by atoms with Crippen molar-refractivity contribution < 1.29 is 4.74 Å². The predicted molar refractivity (Wildman–Crippen MR) is 108 cm³/mol. The zero-order chi connectivity index (χ0) is 18.2. The van der Waals surface area contributed by atoms with Gasteiger partial charge in [-0.1, -0.05) is 57.0 Å². The number of aromatic amines is 1. The van der Waals surface area contributed by atoms with Crippen molar-refractivity contribution in [3.8, 4) is 17.0 Å². The first-order valence-corrected chi connectivity index (χ1v) is 10.4. The molecule has 0 spiro atoms. The van der Waals surface area contributed by atoms with Gasteiger partial charge in [-0.05, 0) is 24.6 Å². The SMILES string of the molecule is CCCCCCCCCOc1ccc(-c2n[nH]c3c2CNCC3)c(Cl)c1. The number of nitrogens with one attached hydrogen (secondary N) is 2. The fourth-order valence-corrected chi connectivity index (χ4v) is 3.73. The van der Waals surface area contributed by atoms with E-state index < -0.39 is 0 Å². The molecule has 2 heterocycles. The van der Waals surface area contributed by atoms with Crippen LogP contribution in [-0.2, 0) is 13.0 Å². The first kappa shape index (κ1) is 19.2. The van der Waals surface area contributed by atoms with Crippen molar-refractivity contribution in [2.45, 2.75) is 64.8 Å². The van der Waals surface area contributed by atoms with Gasteiger partial charge in [0.25, 0.3) is 0 Å². The summed E-state index contributed by atoms with van der Waals surface area (Å²) in [6.07, 6.45) is 10.00. The molecule has 2 N–H and O–H groups in total. The first-order valence-electron chi connectivity index (χ1n) is 9.99. The predicted octanol–water partition coefficient (Wildman–Crippen LogP) is 5.51. The minimum atomic E-state index is 0.696. The molecule has 1 aliphatic heterocycles. The average Bonchev–Trinajstić information content (AvgIpc) is 3.08. The Balaban J connectivity index is 1.50. The highest BCUT2D eigenvalue weighted by molar-refractivity contribution is 6.33. The molecule has 1 aromatic heterocycles. The van der Waals surface area contributed by atoms with Gasteiger partial charge in [0.1, 0.15) is 5.75 Å². The Morgan fingerprint density at radius 2 is 1.92 bits per heavy atom. The number of nitrogens with zero attached hydrogens (tertiary/aromatic N) is 1. The molecule has 0 fully saturated rings. The molecule has 3 rings (SSSR count). The van der Waals surface area contributed by atoms with E-state index in [0.29, 0.717) is 5.02 Å². The second-order valence-electron chi connectivity index (χ2n) is 7.07. The third-order valence-corrected chi connectivity index (χ3v) is 5.33. The zero-order valence-corrected chi connectivity index (χ0v) is 16.5. The molecule has 1 aliphatic rings. The summed E-state index contributed by atoms with van der Waals surface area (Å²) in [7, 11) is 0. The van der Waals surface area contributed by atoms with E-state index in [9.17, 15) is 0 Å². The highest BCUT2D eigenvalue weighted by Crippen LogP contribution is 2.33. The number of benzene rings is 1. The Bertz CT molecular complexity index is 699. The highest BCUT2D eigenvalue weighted by Gasteiger charge is 2.19. The molecule has 2 aromatic rings. The van der Waals surface area contributed by atoms with Crippen molar-refractivity contribution in [2.75, 3.05) is 13.2 Å². The van der Waals surface area contributed by atoms with Crippen LogP contribution in [0.3, 0.4) is 0 Å². The Morgan fingerprint density at radius 3 is 2.73 bits per heavy atom. The largest absolute Gasteiger partial charge is 0.494 e. The number of ether oxygens (including phenoxy) is 1. The van der Waals surface area contributed by atoms with Gasteiger partial charge in [0.15, 0.2) is 0 Å². The van der Waals surface area contributed by atoms with Crippen LogP contribution in [-0.4, -0.2) is 23.3 Å². The van der Waals surface area contributed by atoms with Gasteiger partial charge in [-0.3, -0.25) is 5.10 Å². The van der Waals surface area contributed by atoms with Crippen LogP contribution in [0.2, 0.25) is 5.02 Å².